The minimum atomic E-state index is -0.667. The minimum absolute atomic E-state index is 0.380. The largest absolute Gasteiger partial charge is 0.443 e. The standard InChI is InChI=1S/C14H28N2O4/c1-8-9-10-16(12(18)20-14(5,6)7)15-11(17)19-13(2,3)4/h8-10H2,1-7H3,(H,15,17). The van der Waals surface area contributed by atoms with E-state index in [1.54, 1.807) is 41.5 Å². The van der Waals surface area contributed by atoms with Gasteiger partial charge in [0.1, 0.15) is 11.2 Å². The van der Waals surface area contributed by atoms with E-state index in [9.17, 15) is 9.59 Å². The van der Waals surface area contributed by atoms with Gasteiger partial charge in [0, 0.05) is 6.54 Å². The Labute approximate surface area is 121 Å². The number of amides is 2. The topological polar surface area (TPSA) is 67.9 Å². The zero-order chi connectivity index (χ0) is 16.0. The van der Waals surface area contributed by atoms with Gasteiger partial charge in [-0.3, -0.25) is 0 Å². The lowest BCUT2D eigenvalue weighted by atomic mass is 10.2. The van der Waals surface area contributed by atoms with Crippen molar-refractivity contribution in [2.45, 2.75) is 72.5 Å². The lowest BCUT2D eigenvalue weighted by Crippen LogP contribution is -2.50. The molecule has 6 heteroatoms. The molecule has 0 saturated carbocycles. The summed E-state index contributed by atoms with van der Waals surface area (Å²) in [6.45, 7) is 13.0. The molecule has 0 aromatic carbocycles. The van der Waals surface area contributed by atoms with E-state index in [1.807, 2.05) is 6.92 Å². The van der Waals surface area contributed by atoms with Crippen LogP contribution in [0.5, 0.6) is 0 Å². The SMILES string of the molecule is CCCCN(NC(=O)OC(C)(C)C)C(=O)OC(C)(C)C. The Kier molecular flexibility index (Phi) is 6.82. The molecule has 0 aliphatic heterocycles. The summed E-state index contributed by atoms with van der Waals surface area (Å²) in [5, 5.41) is 1.16. The minimum Gasteiger partial charge on any atom is -0.443 e. The van der Waals surface area contributed by atoms with Gasteiger partial charge in [-0.25, -0.2) is 20.0 Å². The van der Waals surface area contributed by atoms with Gasteiger partial charge < -0.3 is 9.47 Å². The van der Waals surface area contributed by atoms with Crippen LogP contribution in [0.3, 0.4) is 0 Å². The van der Waals surface area contributed by atoms with Crippen LogP contribution in [0.1, 0.15) is 61.3 Å². The highest BCUT2D eigenvalue weighted by Gasteiger charge is 2.25. The van der Waals surface area contributed by atoms with Gasteiger partial charge in [-0.05, 0) is 48.0 Å². The quantitative estimate of drug-likeness (QED) is 0.807. The van der Waals surface area contributed by atoms with E-state index in [4.69, 9.17) is 9.47 Å². The molecule has 0 fully saturated rings. The van der Waals surface area contributed by atoms with Crippen LogP contribution in [0, 0.1) is 0 Å². The van der Waals surface area contributed by atoms with Crippen LogP contribution in [-0.4, -0.2) is 34.9 Å². The maximum absolute atomic E-state index is 12.0. The molecule has 0 heterocycles. The van der Waals surface area contributed by atoms with Gasteiger partial charge in [0.05, 0.1) is 0 Å². The smallest absolute Gasteiger partial charge is 0.429 e. The fourth-order valence-corrected chi connectivity index (χ4v) is 1.24. The summed E-state index contributed by atoms with van der Waals surface area (Å²) in [6.07, 6.45) is 0.404. The van der Waals surface area contributed by atoms with Gasteiger partial charge in [0.25, 0.3) is 0 Å². The Morgan fingerprint density at radius 3 is 1.90 bits per heavy atom. The molecule has 0 aliphatic carbocycles. The highest BCUT2D eigenvalue weighted by molar-refractivity contribution is 5.74. The van der Waals surface area contributed by atoms with Crippen LogP contribution in [0.25, 0.3) is 0 Å². The molecule has 0 bridgehead atoms. The summed E-state index contributed by atoms with van der Waals surface area (Å²) in [4.78, 5) is 23.7. The number of hydrogen-bond acceptors (Lipinski definition) is 4. The third-order valence-corrected chi connectivity index (χ3v) is 1.97. The van der Waals surface area contributed by atoms with Crippen molar-refractivity contribution in [3.05, 3.63) is 0 Å². The maximum Gasteiger partial charge on any atom is 0.429 e. The molecule has 0 aromatic heterocycles. The molecule has 0 radical (unpaired) electrons. The average Bonchev–Trinajstić information content (AvgIpc) is 2.18. The van der Waals surface area contributed by atoms with Crippen LogP contribution in [-0.2, 0) is 9.47 Å². The summed E-state index contributed by atoms with van der Waals surface area (Å²) >= 11 is 0. The monoisotopic (exact) mass is 288 g/mol. The molecule has 2 amide bonds. The van der Waals surface area contributed by atoms with Crippen molar-refractivity contribution < 1.29 is 19.1 Å². The molecule has 118 valence electrons. The first-order chi connectivity index (χ1) is 8.94. The number of carbonyl (C=O) groups excluding carboxylic acids is 2. The molecule has 6 nitrogen and oxygen atoms in total. The van der Waals surface area contributed by atoms with Gasteiger partial charge >= 0.3 is 12.2 Å². The summed E-state index contributed by atoms with van der Waals surface area (Å²) in [5.41, 5.74) is 1.20. The second-order valence-corrected chi connectivity index (χ2v) is 6.60. The molecular weight excluding hydrogens is 260 g/mol. The summed E-state index contributed by atoms with van der Waals surface area (Å²) in [7, 11) is 0. The van der Waals surface area contributed by atoms with Crippen molar-refractivity contribution in [3.8, 4) is 0 Å². The van der Waals surface area contributed by atoms with Crippen LogP contribution in [0.2, 0.25) is 0 Å². The van der Waals surface area contributed by atoms with Crippen molar-refractivity contribution in [1.82, 2.24) is 10.4 Å². The second-order valence-electron chi connectivity index (χ2n) is 6.60. The second kappa shape index (κ2) is 7.36. The first-order valence-corrected chi connectivity index (χ1v) is 6.95. The first-order valence-electron chi connectivity index (χ1n) is 6.95. The molecule has 0 rings (SSSR count). The summed E-state index contributed by atoms with van der Waals surface area (Å²) in [6, 6.07) is 0. The third-order valence-electron chi connectivity index (χ3n) is 1.97. The Balaban J connectivity index is 4.63. The van der Waals surface area contributed by atoms with Gasteiger partial charge in [-0.15, -0.1) is 0 Å². The molecule has 20 heavy (non-hydrogen) atoms. The molecule has 0 spiro atoms. The highest BCUT2D eigenvalue weighted by Crippen LogP contribution is 2.11. The van der Waals surface area contributed by atoms with Crippen LogP contribution < -0.4 is 5.43 Å². The van der Waals surface area contributed by atoms with Crippen LogP contribution in [0.15, 0.2) is 0 Å². The molecule has 1 N–H and O–H groups in total. The number of ether oxygens (including phenoxy) is 2. The molecular formula is C14H28N2O4. The number of nitrogens with zero attached hydrogens (tertiary/aromatic N) is 1. The van der Waals surface area contributed by atoms with Gasteiger partial charge in [-0.1, -0.05) is 13.3 Å². The average molecular weight is 288 g/mol. The Morgan fingerprint density at radius 2 is 1.50 bits per heavy atom. The van der Waals surface area contributed by atoms with Gasteiger partial charge in [0.15, 0.2) is 0 Å². The van der Waals surface area contributed by atoms with Crippen molar-refractivity contribution in [2.24, 2.45) is 0 Å². The summed E-state index contributed by atoms with van der Waals surface area (Å²) in [5.74, 6) is 0. The number of hydrazine groups is 1. The zero-order valence-corrected chi connectivity index (χ0v) is 13.7. The predicted octanol–water partition coefficient (Wildman–Crippen LogP) is 3.46. The first kappa shape index (κ1) is 18.5. The fourth-order valence-electron chi connectivity index (χ4n) is 1.24. The van der Waals surface area contributed by atoms with E-state index in [0.717, 1.165) is 17.9 Å². The lowest BCUT2D eigenvalue weighted by Gasteiger charge is -2.28. The lowest BCUT2D eigenvalue weighted by molar-refractivity contribution is 0.00111. The third kappa shape index (κ3) is 9.47. The van der Waals surface area contributed by atoms with Crippen molar-refractivity contribution in [3.63, 3.8) is 0 Å². The predicted molar refractivity (Wildman–Crippen MR) is 77.2 cm³/mol. The van der Waals surface area contributed by atoms with E-state index in [-0.39, 0.29) is 0 Å². The van der Waals surface area contributed by atoms with Crippen LogP contribution >= 0.6 is 0 Å². The molecule has 0 saturated heterocycles. The summed E-state index contributed by atoms with van der Waals surface area (Å²) < 4.78 is 10.4. The van der Waals surface area contributed by atoms with E-state index >= 15 is 0 Å². The Bertz CT molecular complexity index is 329. The van der Waals surface area contributed by atoms with E-state index < -0.39 is 23.4 Å². The number of nitrogens with one attached hydrogen (secondary N) is 1. The van der Waals surface area contributed by atoms with Crippen molar-refractivity contribution in [2.75, 3.05) is 6.54 Å². The molecule has 0 aromatic rings. The fraction of sp³-hybridized carbons (Fsp3) is 0.857. The van der Waals surface area contributed by atoms with Gasteiger partial charge in [-0.2, -0.15) is 0 Å². The zero-order valence-electron chi connectivity index (χ0n) is 13.7. The number of hydrogen-bond donors (Lipinski definition) is 1. The molecule has 0 aliphatic rings. The maximum atomic E-state index is 12.0. The normalized spacial score (nSPS) is 11.8. The van der Waals surface area contributed by atoms with Crippen molar-refractivity contribution in [1.29, 1.82) is 0 Å². The van der Waals surface area contributed by atoms with E-state index in [1.165, 1.54) is 0 Å². The van der Waals surface area contributed by atoms with E-state index in [0.29, 0.717) is 6.54 Å². The highest BCUT2D eigenvalue weighted by atomic mass is 16.6. The number of carbonyl (C=O) groups is 2. The Hall–Kier alpha value is -1.46. The molecule has 0 unspecified atom stereocenters. The van der Waals surface area contributed by atoms with E-state index in [2.05, 4.69) is 5.43 Å². The number of rotatable bonds is 3. The Morgan fingerprint density at radius 1 is 1.00 bits per heavy atom. The molecule has 0 atom stereocenters. The van der Waals surface area contributed by atoms with Crippen molar-refractivity contribution >= 4 is 12.2 Å². The van der Waals surface area contributed by atoms with Crippen LogP contribution in [0.4, 0.5) is 9.59 Å². The number of unbranched alkanes of at least 4 members (excludes halogenated alkanes) is 1. The van der Waals surface area contributed by atoms with Gasteiger partial charge in [0.2, 0.25) is 0 Å².